The summed E-state index contributed by atoms with van der Waals surface area (Å²) in [5, 5.41) is 9.90. The molecule has 4 aromatic rings. The maximum atomic E-state index is 13.1. The fraction of sp³-hybridized carbons (Fsp3) is 0.417. The van der Waals surface area contributed by atoms with Gasteiger partial charge in [-0.1, -0.05) is 37.2 Å². The zero-order valence-electron chi connectivity index (χ0n) is 19.5. The Morgan fingerprint density at radius 1 is 1.12 bits per heavy atom. The van der Waals surface area contributed by atoms with Crippen LogP contribution in [0.25, 0.3) is 16.7 Å². The largest absolute Gasteiger partial charge is 0.383 e. The Hall–Kier alpha value is -2.91. The van der Waals surface area contributed by atoms with Crippen LogP contribution in [-0.4, -0.2) is 49.0 Å². The molecule has 0 amide bonds. The molecule has 0 saturated carbocycles. The number of ketones is 1. The number of hydrogen-bond acceptors (Lipinski definition) is 6. The van der Waals surface area contributed by atoms with Gasteiger partial charge in [-0.3, -0.25) is 18.6 Å². The van der Waals surface area contributed by atoms with Crippen molar-refractivity contribution in [3.63, 3.8) is 0 Å². The molecule has 3 aromatic heterocycles. The lowest BCUT2D eigenvalue weighted by Gasteiger charge is -2.11. The van der Waals surface area contributed by atoms with Crippen LogP contribution in [0.3, 0.4) is 0 Å². The maximum absolute atomic E-state index is 13.1. The second kappa shape index (κ2) is 9.93. The molecule has 0 aliphatic heterocycles. The van der Waals surface area contributed by atoms with Gasteiger partial charge < -0.3 is 9.30 Å². The van der Waals surface area contributed by atoms with Gasteiger partial charge in [0.15, 0.2) is 10.9 Å². The highest BCUT2D eigenvalue weighted by atomic mass is 32.2. The number of aryl methyl sites for hydroxylation is 2. The second-order valence-corrected chi connectivity index (χ2v) is 9.03. The normalized spacial score (nSPS) is 11.6. The van der Waals surface area contributed by atoms with Crippen molar-refractivity contribution >= 4 is 34.2 Å². The van der Waals surface area contributed by atoms with E-state index in [0.717, 1.165) is 35.3 Å². The van der Waals surface area contributed by atoms with Crippen molar-refractivity contribution in [1.82, 2.24) is 23.7 Å². The quantitative estimate of drug-likeness (QED) is 0.260. The lowest BCUT2D eigenvalue weighted by Crippen LogP contribution is -2.23. The summed E-state index contributed by atoms with van der Waals surface area (Å²) in [5.74, 6) is 0.787. The van der Waals surface area contributed by atoms with Gasteiger partial charge in [-0.2, -0.15) is 0 Å². The molecule has 0 aliphatic rings. The summed E-state index contributed by atoms with van der Waals surface area (Å²) in [5.41, 5.74) is 3.39. The number of methoxy groups -OCH3 is 1. The molecule has 33 heavy (non-hydrogen) atoms. The number of nitrogens with zero attached hydrogens (tertiary/aromatic N) is 5. The van der Waals surface area contributed by atoms with Gasteiger partial charge in [0.05, 0.1) is 23.3 Å². The van der Waals surface area contributed by atoms with Crippen LogP contribution in [0.2, 0.25) is 0 Å². The van der Waals surface area contributed by atoms with E-state index in [1.807, 2.05) is 48.6 Å². The van der Waals surface area contributed by atoms with Crippen LogP contribution in [0.15, 0.2) is 40.3 Å². The summed E-state index contributed by atoms with van der Waals surface area (Å²) < 4.78 is 10.9. The maximum Gasteiger partial charge on any atom is 0.262 e. The number of hydrogen-bond donors (Lipinski definition) is 0. The predicted molar refractivity (Wildman–Crippen MR) is 130 cm³/mol. The van der Waals surface area contributed by atoms with Crippen LogP contribution < -0.4 is 5.56 Å². The molecule has 9 heteroatoms. The van der Waals surface area contributed by atoms with Crippen molar-refractivity contribution in [3.05, 3.63) is 57.6 Å². The topological polar surface area (TPSA) is 83.4 Å². The van der Waals surface area contributed by atoms with Crippen LogP contribution in [0.1, 0.15) is 41.5 Å². The first-order valence-corrected chi connectivity index (χ1v) is 12.1. The minimum atomic E-state index is -0.0601. The molecule has 0 unspecified atom stereocenters. The van der Waals surface area contributed by atoms with Crippen molar-refractivity contribution in [2.45, 2.75) is 51.9 Å². The average molecular weight is 468 g/mol. The lowest BCUT2D eigenvalue weighted by atomic mass is 10.2. The number of unbranched alkanes of at least 4 members (excludes halogenated alkanes) is 1. The number of carbonyl (C=O) groups excluding carboxylic acids is 1. The molecule has 0 aliphatic carbocycles. The molecule has 0 bridgehead atoms. The number of Topliss-reactive ketones (excluding diaryl/α,β-unsaturated/α-hetero) is 1. The van der Waals surface area contributed by atoms with E-state index < -0.39 is 0 Å². The molecular formula is C24H29N5O3S. The zero-order chi connectivity index (χ0) is 23.5. The number of ether oxygens (including phenoxy) is 1. The number of para-hydroxylation sites is 1. The molecule has 0 saturated heterocycles. The van der Waals surface area contributed by atoms with Gasteiger partial charge in [0, 0.05) is 37.2 Å². The minimum Gasteiger partial charge on any atom is -0.383 e. The Bertz CT molecular complexity index is 1370. The molecule has 0 spiro atoms. The standard InChI is InChI=1S/C24H29N5O3S/c1-5-6-11-28-22(31)18-9-7-8-10-20(18)29-23(28)25-26-24(29)33-15-21(30)19-14-16(2)27(17(19)3)12-13-32-4/h7-10,14H,5-6,11-13,15H2,1-4H3. The van der Waals surface area contributed by atoms with E-state index in [1.54, 1.807) is 11.7 Å². The van der Waals surface area contributed by atoms with Crippen molar-refractivity contribution in [1.29, 1.82) is 0 Å². The van der Waals surface area contributed by atoms with Crippen LogP contribution in [0.4, 0.5) is 0 Å². The summed E-state index contributed by atoms with van der Waals surface area (Å²) >= 11 is 1.34. The van der Waals surface area contributed by atoms with Crippen LogP contribution in [0, 0.1) is 13.8 Å². The number of rotatable bonds is 10. The highest BCUT2D eigenvalue weighted by molar-refractivity contribution is 7.99. The van der Waals surface area contributed by atoms with Gasteiger partial charge >= 0.3 is 0 Å². The first kappa shape index (κ1) is 23.3. The first-order valence-electron chi connectivity index (χ1n) is 11.2. The fourth-order valence-corrected chi connectivity index (χ4v) is 4.99. The van der Waals surface area contributed by atoms with E-state index >= 15 is 0 Å². The fourth-order valence-electron chi connectivity index (χ4n) is 4.16. The Morgan fingerprint density at radius 3 is 2.67 bits per heavy atom. The van der Waals surface area contributed by atoms with Gasteiger partial charge in [0.1, 0.15) is 0 Å². The van der Waals surface area contributed by atoms with Crippen LogP contribution >= 0.6 is 11.8 Å². The molecular weight excluding hydrogens is 438 g/mol. The van der Waals surface area contributed by atoms with Gasteiger partial charge in [0.2, 0.25) is 5.78 Å². The highest BCUT2D eigenvalue weighted by Crippen LogP contribution is 2.24. The summed E-state index contributed by atoms with van der Waals surface area (Å²) in [7, 11) is 1.67. The first-order chi connectivity index (χ1) is 16.0. The Balaban J connectivity index is 1.67. The number of thioether (sulfide) groups is 1. The van der Waals surface area contributed by atoms with Gasteiger partial charge in [-0.25, -0.2) is 0 Å². The van der Waals surface area contributed by atoms with E-state index in [1.165, 1.54) is 11.8 Å². The van der Waals surface area contributed by atoms with E-state index in [-0.39, 0.29) is 17.1 Å². The van der Waals surface area contributed by atoms with E-state index in [9.17, 15) is 9.59 Å². The number of aromatic nitrogens is 5. The van der Waals surface area contributed by atoms with Crippen molar-refractivity contribution in [3.8, 4) is 0 Å². The van der Waals surface area contributed by atoms with E-state index in [4.69, 9.17) is 4.74 Å². The Kier molecular flexibility index (Phi) is 6.99. The van der Waals surface area contributed by atoms with Gasteiger partial charge in [0.25, 0.3) is 5.56 Å². The third kappa shape index (κ3) is 4.35. The summed E-state index contributed by atoms with van der Waals surface area (Å²) in [6.45, 7) is 7.94. The summed E-state index contributed by atoms with van der Waals surface area (Å²) in [6.07, 6.45) is 1.85. The summed E-state index contributed by atoms with van der Waals surface area (Å²) in [4.78, 5) is 26.1. The molecule has 174 valence electrons. The van der Waals surface area contributed by atoms with Crippen molar-refractivity contribution in [2.24, 2.45) is 0 Å². The molecule has 1 aromatic carbocycles. The molecule has 0 fully saturated rings. The Labute approximate surface area is 196 Å². The predicted octanol–water partition coefficient (Wildman–Crippen LogP) is 3.88. The Morgan fingerprint density at radius 2 is 1.91 bits per heavy atom. The third-order valence-corrected chi connectivity index (χ3v) is 6.87. The second-order valence-electron chi connectivity index (χ2n) is 8.09. The summed E-state index contributed by atoms with van der Waals surface area (Å²) in [6, 6.07) is 9.42. The number of benzene rings is 1. The highest BCUT2D eigenvalue weighted by Gasteiger charge is 2.20. The van der Waals surface area contributed by atoms with Crippen LogP contribution in [0.5, 0.6) is 0 Å². The lowest BCUT2D eigenvalue weighted by molar-refractivity contribution is 0.102. The molecule has 0 atom stereocenters. The monoisotopic (exact) mass is 467 g/mol. The third-order valence-electron chi connectivity index (χ3n) is 5.94. The average Bonchev–Trinajstić information content (AvgIpc) is 3.37. The van der Waals surface area contributed by atoms with Gasteiger partial charge in [-0.15, -0.1) is 10.2 Å². The SMILES string of the molecule is CCCCn1c(=O)c2ccccc2n2c(SCC(=O)c3cc(C)n(CCOC)c3C)nnc12. The minimum absolute atomic E-state index is 0.0390. The molecule has 3 heterocycles. The number of fused-ring (bicyclic) bond motifs is 3. The van der Waals surface area contributed by atoms with Crippen molar-refractivity contribution < 1.29 is 9.53 Å². The van der Waals surface area contributed by atoms with Crippen molar-refractivity contribution in [2.75, 3.05) is 19.5 Å². The van der Waals surface area contributed by atoms with E-state index in [2.05, 4.69) is 21.7 Å². The molecule has 4 rings (SSSR count). The smallest absolute Gasteiger partial charge is 0.262 e. The zero-order valence-corrected chi connectivity index (χ0v) is 20.3. The van der Waals surface area contributed by atoms with Crippen LogP contribution in [-0.2, 0) is 17.8 Å². The van der Waals surface area contributed by atoms with Gasteiger partial charge in [-0.05, 0) is 38.5 Å². The molecule has 0 N–H and O–H groups in total. The van der Waals surface area contributed by atoms with E-state index in [0.29, 0.717) is 36.0 Å². The molecule has 0 radical (unpaired) electrons. The number of carbonyl (C=O) groups is 1. The molecule has 8 nitrogen and oxygen atoms in total.